The maximum absolute atomic E-state index is 13.4. The lowest BCUT2D eigenvalue weighted by Gasteiger charge is -2.36. The van der Waals surface area contributed by atoms with Crippen LogP contribution >= 0.6 is 0 Å². The molecule has 2 aliphatic heterocycles. The van der Waals surface area contributed by atoms with Gasteiger partial charge in [-0.3, -0.25) is 10.00 Å². The van der Waals surface area contributed by atoms with E-state index >= 15 is 0 Å². The molecule has 3 heterocycles. The third kappa shape index (κ3) is 4.62. The van der Waals surface area contributed by atoms with Crippen LogP contribution in [0.5, 0.6) is 0 Å². The maximum atomic E-state index is 13.4. The van der Waals surface area contributed by atoms with Crippen LogP contribution in [0.1, 0.15) is 73.8 Å². The van der Waals surface area contributed by atoms with E-state index in [0.29, 0.717) is 55.7 Å². The molecule has 34 heavy (non-hydrogen) atoms. The van der Waals surface area contributed by atoms with Crippen molar-refractivity contribution >= 4 is 10.0 Å². The average molecular weight is 501 g/mol. The lowest BCUT2D eigenvalue weighted by Crippen LogP contribution is -2.45. The average Bonchev–Trinajstić information content (AvgIpc) is 3.20. The highest BCUT2D eigenvalue weighted by Crippen LogP contribution is 2.40. The predicted molar refractivity (Wildman–Crippen MR) is 121 cm³/mol. The first kappa shape index (κ1) is 25.2. The summed E-state index contributed by atoms with van der Waals surface area (Å²) in [7, 11) is -3.54. The zero-order valence-electron chi connectivity index (χ0n) is 19.6. The summed E-state index contributed by atoms with van der Waals surface area (Å²) in [6.07, 6.45) is -4.04. The van der Waals surface area contributed by atoms with E-state index in [0.717, 1.165) is 11.8 Å². The van der Waals surface area contributed by atoms with E-state index in [-0.39, 0.29) is 12.5 Å². The molecule has 0 amide bonds. The number of rotatable bonds is 4. The van der Waals surface area contributed by atoms with Gasteiger partial charge < -0.3 is 5.11 Å². The summed E-state index contributed by atoms with van der Waals surface area (Å²) < 4.78 is 66.7. The van der Waals surface area contributed by atoms with Crippen LogP contribution in [0, 0.1) is 0 Å². The van der Waals surface area contributed by atoms with Crippen molar-refractivity contribution < 1.29 is 26.7 Å². The van der Waals surface area contributed by atoms with E-state index in [1.807, 2.05) is 0 Å². The van der Waals surface area contributed by atoms with Gasteiger partial charge in [0.25, 0.3) is 0 Å². The normalized spacial score (nSPS) is 20.3. The number of hydrogen-bond acceptors (Lipinski definition) is 5. The number of halogens is 3. The molecule has 0 saturated carbocycles. The number of likely N-dealkylation sites (tertiary alicyclic amines) is 1. The molecule has 1 fully saturated rings. The number of alkyl halides is 3. The van der Waals surface area contributed by atoms with Crippen molar-refractivity contribution in [3.8, 4) is 0 Å². The van der Waals surface area contributed by atoms with Gasteiger partial charge in [-0.15, -0.1) is 0 Å². The zero-order valence-corrected chi connectivity index (χ0v) is 20.4. The van der Waals surface area contributed by atoms with Crippen LogP contribution in [0.3, 0.4) is 0 Å². The molecule has 4 rings (SSSR count). The van der Waals surface area contributed by atoms with Gasteiger partial charge in [0.1, 0.15) is 5.69 Å². The molecule has 0 bridgehead atoms. The molecular weight excluding hydrogens is 469 g/mol. The van der Waals surface area contributed by atoms with Crippen LogP contribution in [0.15, 0.2) is 24.3 Å². The van der Waals surface area contributed by atoms with Crippen molar-refractivity contribution in [2.75, 3.05) is 19.6 Å². The largest absolute Gasteiger partial charge is 0.416 e. The molecule has 7 nitrogen and oxygen atoms in total. The Morgan fingerprint density at radius 3 is 2.38 bits per heavy atom. The van der Waals surface area contributed by atoms with Crippen LogP contribution in [-0.4, -0.2) is 57.3 Å². The molecule has 188 valence electrons. The molecule has 1 aromatic heterocycles. The third-order valence-corrected chi connectivity index (χ3v) is 9.41. The van der Waals surface area contributed by atoms with Gasteiger partial charge in [-0.1, -0.05) is 18.2 Å². The van der Waals surface area contributed by atoms with Crippen molar-refractivity contribution in [2.45, 2.75) is 69.6 Å². The smallest absolute Gasteiger partial charge is 0.372 e. The van der Waals surface area contributed by atoms with Crippen molar-refractivity contribution in [3.05, 3.63) is 52.3 Å². The molecule has 2 aliphatic rings. The Morgan fingerprint density at radius 2 is 1.76 bits per heavy atom. The minimum Gasteiger partial charge on any atom is -0.372 e. The number of aliphatic hydroxyl groups is 1. The van der Waals surface area contributed by atoms with Crippen LogP contribution in [0.25, 0.3) is 0 Å². The Kier molecular flexibility index (Phi) is 6.60. The van der Waals surface area contributed by atoms with Gasteiger partial charge in [0, 0.05) is 43.9 Å². The standard InChI is InChI=1S/C23H31F3N4O3S/c1-22(2,3)34(32,33)30-13-10-19-17(14-30)20(28-27-19)21(31)29-11-8-15(9-12-29)16-6-4-5-7-18(16)23(24,25)26/h4-7,15,21,31H,8-14H2,1-3H3,(H,27,28). The highest BCUT2D eigenvalue weighted by molar-refractivity contribution is 7.90. The number of piperidine rings is 1. The highest BCUT2D eigenvalue weighted by Gasteiger charge is 2.40. The molecule has 1 aromatic carbocycles. The second-order valence-electron chi connectivity index (χ2n) is 10.0. The zero-order chi connectivity index (χ0) is 24.9. The number of aromatic amines is 1. The number of benzene rings is 1. The van der Waals surface area contributed by atoms with E-state index in [1.165, 1.54) is 16.4 Å². The topological polar surface area (TPSA) is 89.5 Å². The van der Waals surface area contributed by atoms with E-state index < -0.39 is 32.7 Å². The predicted octanol–water partition coefficient (Wildman–Crippen LogP) is 3.79. The highest BCUT2D eigenvalue weighted by atomic mass is 32.2. The van der Waals surface area contributed by atoms with E-state index in [1.54, 1.807) is 31.7 Å². The first-order valence-corrected chi connectivity index (χ1v) is 12.9. The first-order chi connectivity index (χ1) is 15.8. The van der Waals surface area contributed by atoms with Crippen molar-refractivity contribution in [1.82, 2.24) is 19.4 Å². The Bertz CT molecular complexity index is 1130. The summed E-state index contributed by atoms with van der Waals surface area (Å²) in [5.41, 5.74) is 1.57. The van der Waals surface area contributed by atoms with Gasteiger partial charge in [-0.05, 0) is 51.2 Å². The Hall–Kier alpha value is -1.95. The van der Waals surface area contributed by atoms with E-state index in [4.69, 9.17) is 0 Å². The van der Waals surface area contributed by atoms with E-state index in [9.17, 15) is 26.7 Å². The van der Waals surface area contributed by atoms with Crippen molar-refractivity contribution in [2.24, 2.45) is 0 Å². The molecule has 1 unspecified atom stereocenters. The van der Waals surface area contributed by atoms with Gasteiger partial charge >= 0.3 is 6.18 Å². The molecule has 0 radical (unpaired) electrons. The monoisotopic (exact) mass is 500 g/mol. The fraction of sp³-hybridized carbons (Fsp3) is 0.609. The van der Waals surface area contributed by atoms with Gasteiger partial charge in [-0.2, -0.15) is 22.6 Å². The number of nitrogens with one attached hydrogen (secondary N) is 1. The second-order valence-corrected chi connectivity index (χ2v) is 12.7. The molecular formula is C23H31F3N4O3S. The minimum atomic E-state index is -4.40. The molecule has 0 spiro atoms. The summed E-state index contributed by atoms with van der Waals surface area (Å²) in [6, 6.07) is 5.67. The molecule has 1 saturated heterocycles. The molecule has 11 heteroatoms. The number of hydrogen-bond donors (Lipinski definition) is 2. The molecule has 2 N–H and O–H groups in total. The fourth-order valence-corrected chi connectivity index (χ4v) is 6.24. The third-order valence-electron chi connectivity index (χ3n) is 6.87. The summed E-state index contributed by atoms with van der Waals surface area (Å²) in [5, 5.41) is 18.3. The summed E-state index contributed by atoms with van der Waals surface area (Å²) in [4.78, 5) is 1.79. The molecule has 1 atom stereocenters. The number of H-pyrrole nitrogens is 1. The summed E-state index contributed by atoms with van der Waals surface area (Å²) in [6.45, 7) is 6.26. The van der Waals surface area contributed by atoms with Crippen LogP contribution in [-0.2, 0) is 29.2 Å². The number of aromatic nitrogens is 2. The van der Waals surface area contributed by atoms with Gasteiger partial charge in [0.15, 0.2) is 6.23 Å². The quantitative estimate of drug-likeness (QED) is 0.667. The number of sulfonamides is 1. The SMILES string of the molecule is CC(C)(C)S(=O)(=O)N1CCc2[nH]nc(C(O)N3CCC(c4ccccc4C(F)(F)F)CC3)c2C1. The number of fused-ring (bicyclic) bond motifs is 1. The van der Waals surface area contributed by atoms with Crippen molar-refractivity contribution in [3.63, 3.8) is 0 Å². The first-order valence-electron chi connectivity index (χ1n) is 11.4. The van der Waals surface area contributed by atoms with Crippen LogP contribution < -0.4 is 0 Å². The van der Waals surface area contributed by atoms with Gasteiger partial charge in [0.05, 0.1) is 10.3 Å². The van der Waals surface area contributed by atoms with Crippen LogP contribution in [0.4, 0.5) is 13.2 Å². The number of nitrogens with zero attached hydrogens (tertiary/aromatic N) is 3. The lowest BCUT2D eigenvalue weighted by atomic mass is 9.86. The summed E-state index contributed by atoms with van der Waals surface area (Å²) in [5.74, 6) is -0.248. The van der Waals surface area contributed by atoms with Crippen molar-refractivity contribution in [1.29, 1.82) is 0 Å². The lowest BCUT2D eigenvalue weighted by molar-refractivity contribution is -0.138. The Labute approximate surface area is 198 Å². The maximum Gasteiger partial charge on any atom is 0.416 e. The fourth-order valence-electron chi connectivity index (χ4n) is 4.84. The number of aliphatic hydroxyl groups excluding tert-OH is 1. The Balaban J connectivity index is 1.48. The van der Waals surface area contributed by atoms with Gasteiger partial charge in [-0.25, -0.2) is 8.42 Å². The molecule has 0 aliphatic carbocycles. The van der Waals surface area contributed by atoms with Crippen LogP contribution in [0.2, 0.25) is 0 Å². The summed E-state index contributed by atoms with van der Waals surface area (Å²) >= 11 is 0. The second kappa shape index (κ2) is 8.92. The molecule has 2 aromatic rings. The Morgan fingerprint density at radius 1 is 1.12 bits per heavy atom. The van der Waals surface area contributed by atoms with Gasteiger partial charge in [0.2, 0.25) is 10.0 Å². The minimum absolute atomic E-state index is 0.132. The van der Waals surface area contributed by atoms with E-state index in [2.05, 4.69) is 10.2 Å².